The Morgan fingerprint density at radius 1 is 1.78 bits per heavy atom. The lowest BCUT2D eigenvalue weighted by Crippen LogP contribution is -2.32. The van der Waals surface area contributed by atoms with Gasteiger partial charge in [0, 0.05) is 6.04 Å². The highest BCUT2D eigenvalue weighted by Gasteiger charge is 2.17. The molecule has 0 amide bonds. The number of carboxylic acids is 1. The van der Waals surface area contributed by atoms with E-state index in [-0.39, 0.29) is 6.04 Å². The zero-order valence-electron chi connectivity index (χ0n) is 5.79. The van der Waals surface area contributed by atoms with E-state index in [2.05, 4.69) is 0 Å². The molecule has 2 atom stereocenters. The number of hydrogen-bond acceptors (Lipinski definition) is 2. The van der Waals surface area contributed by atoms with E-state index in [0.29, 0.717) is 6.42 Å². The van der Waals surface area contributed by atoms with Crippen LogP contribution in [0.4, 0.5) is 0 Å². The molecule has 0 aromatic carbocycles. The van der Waals surface area contributed by atoms with E-state index in [1.165, 1.54) is 0 Å². The second-order valence-corrected chi connectivity index (χ2v) is 2.20. The molecule has 3 heteroatoms. The number of aliphatic carboxylic acids is 1. The van der Waals surface area contributed by atoms with Crippen molar-refractivity contribution in [3.05, 3.63) is 0 Å². The molecule has 0 radical (unpaired) electrons. The molecule has 0 saturated heterocycles. The molecule has 3 nitrogen and oxygen atoms in total. The Morgan fingerprint density at radius 2 is 2.22 bits per heavy atom. The Bertz CT molecular complexity index is 103. The molecule has 0 aromatic heterocycles. The van der Waals surface area contributed by atoms with Crippen molar-refractivity contribution in [2.45, 2.75) is 26.3 Å². The summed E-state index contributed by atoms with van der Waals surface area (Å²) in [7, 11) is 0. The molecule has 9 heavy (non-hydrogen) atoms. The summed E-state index contributed by atoms with van der Waals surface area (Å²) in [5.41, 5.74) is 5.44. The van der Waals surface area contributed by atoms with Gasteiger partial charge in [-0.05, 0) is 6.42 Å². The molecule has 0 spiro atoms. The molecule has 0 aliphatic heterocycles. The minimum atomic E-state index is -0.815. The number of nitrogens with two attached hydrogens (primary N) is 1. The van der Waals surface area contributed by atoms with Crippen molar-refractivity contribution in [3.8, 4) is 0 Å². The van der Waals surface area contributed by atoms with Crippen LogP contribution in [-0.2, 0) is 4.79 Å². The lowest BCUT2D eigenvalue weighted by Gasteiger charge is -2.12. The molecule has 0 fully saturated rings. The fraction of sp³-hybridized carbons (Fsp3) is 0.833. The maximum Gasteiger partial charge on any atom is 0.307 e. The summed E-state index contributed by atoms with van der Waals surface area (Å²) in [6, 6.07) is -0.206. The lowest BCUT2D eigenvalue weighted by atomic mass is 10.0. The molecule has 0 aromatic rings. The van der Waals surface area contributed by atoms with Crippen molar-refractivity contribution in [2.75, 3.05) is 0 Å². The third-order valence-corrected chi connectivity index (χ3v) is 1.50. The number of carboxylic acid groups (broad SMARTS) is 1. The van der Waals surface area contributed by atoms with Crippen molar-refractivity contribution in [1.29, 1.82) is 0 Å². The van der Waals surface area contributed by atoms with Crippen LogP contribution in [0.5, 0.6) is 0 Å². The normalized spacial score (nSPS) is 16.8. The standard InChI is InChI=1S/C6H13NO2/c1-3-5(7)4(2)6(8)9/h4-5H,3,7H2,1-2H3,(H,8,9)/t4-,5+/m1/s1. The Morgan fingerprint density at radius 3 is 2.33 bits per heavy atom. The maximum absolute atomic E-state index is 10.2. The summed E-state index contributed by atoms with van der Waals surface area (Å²) in [6.07, 6.45) is 0.716. The van der Waals surface area contributed by atoms with Gasteiger partial charge in [0.15, 0.2) is 0 Å². The monoisotopic (exact) mass is 131 g/mol. The van der Waals surface area contributed by atoms with Crippen LogP contribution in [-0.4, -0.2) is 17.1 Å². The summed E-state index contributed by atoms with van der Waals surface area (Å²) in [5, 5.41) is 8.40. The quantitative estimate of drug-likeness (QED) is 0.584. The van der Waals surface area contributed by atoms with Crippen molar-refractivity contribution in [1.82, 2.24) is 0 Å². The van der Waals surface area contributed by atoms with Gasteiger partial charge in [0.25, 0.3) is 0 Å². The van der Waals surface area contributed by atoms with Gasteiger partial charge in [0.2, 0.25) is 0 Å². The molecule has 0 aliphatic rings. The van der Waals surface area contributed by atoms with Crippen LogP contribution < -0.4 is 5.73 Å². The molecular weight excluding hydrogens is 118 g/mol. The summed E-state index contributed by atoms with van der Waals surface area (Å²) in [5.74, 6) is -1.24. The second-order valence-electron chi connectivity index (χ2n) is 2.20. The highest BCUT2D eigenvalue weighted by atomic mass is 16.4. The van der Waals surface area contributed by atoms with Gasteiger partial charge >= 0.3 is 5.97 Å². The van der Waals surface area contributed by atoms with Crippen LogP contribution in [0.1, 0.15) is 20.3 Å². The SMILES string of the molecule is CC[C@H](N)[C@@H](C)C(=O)O. The molecule has 54 valence electrons. The van der Waals surface area contributed by atoms with Gasteiger partial charge in [-0.25, -0.2) is 0 Å². The first kappa shape index (κ1) is 8.43. The Balaban J connectivity index is 3.72. The first-order valence-electron chi connectivity index (χ1n) is 3.08. The van der Waals surface area contributed by atoms with Crippen LogP contribution >= 0.6 is 0 Å². The first-order valence-corrected chi connectivity index (χ1v) is 3.08. The van der Waals surface area contributed by atoms with Crippen LogP contribution in [0, 0.1) is 5.92 Å². The summed E-state index contributed by atoms with van der Waals surface area (Å²) in [4.78, 5) is 10.2. The second kappa shape index (κ2) is 3.45. The van der Waals surface area contributed by atoms with E-state index in [1.807, 2.05) is 6.92 Å². The van der Waals surface area contributed by atoms with Gasteiger partial charge < -0.3 is 10.8 Å². The molecule has 0 rings (SSSR count). The topological polar surface area (TPSA) is 63.3 Å². The molecule has 0 bridgehead atoms. The highest BCUT2D eigenvalue weighted by molar-refractivity contribution is 5.70. The average molecular weight is 131 g/mol. The van der Waals surface area contributed by atoms with Gasteiger partial charge in [-0.2, -0.15) is 0 Å². The highest BCUT2D eigenvalue weighted by Crippen LogP contribution is 2.02. The fourth-order valence-corrected chi connectivity index (χ4v) is 0.537. The van der Waals surface area contributed by atoms with E-state index in [9.17, 15) is 4.79 Å². The van der Waals surface area contributed by atoms with E-state index in [1.54, 1.807) is 6.92 Å². The third kappa shape index (κ3) is 2.46. The number of rotatable bonds is 3. The smallest absolute Gasteiger partial charge is 0.307 e. The van der Waals surface area contributed by atoms with Crippen molar-refractivity contribution >= 4 is 5.97 Å². The van der Waals surface area contributed by atoms with E-state index in [4.69, 9.17) is 10.8 Å². The third-order valence-electron chi connectivity index (χ3n) is 1.50. The Labute approximate surface area is 54.9 Å². The molecular formula is C6H13NO2. The van der Waals surface area contributed by atoms with Gasteiger partial charge in [-0.15, -0.1) is 0 Å². The predicted octanol–water partition coefficient (Wildman–Crippen LogP) is 0.444. The minimum absolute atomic E-state index is 0.206. The Hall–Kier alpha value is -0.570. The van der Waals surface area contributed by atoms with Crippen molar-refractivity contribution in [3.63, 3.8) is 0 Å². The first-order chi connectivity index (χ1) is 4.09. The van der Waals surface area contributed by atoms with E-state index in [0.717, 1.165) is 0 Å². The molecule has 0 aliphatic carbocycles. The van der Waals surface area contributed by atoms with Gasteiger partial charge in [-0.3, -0.25) is 4.79 Å². The van der Waals surface area contributed by atoms with Gasteiger partial charge in [0.1, 0.15) is 0 Å². The summed E-state index contributed by atoms with van der Waals surface area (Å²) in [6.45, 7) is 3.50. The minimum Gasteiger partial charge on any atom is -0.481 e. The van der Waals surface area contributed by atoms with Crippen LogP contribution in [0.2, 0.25) is 0 Å². The predicted molar refractivity (Wildman–Crippen MR) is 35.1 cm³/mol. The van der Waals surface area contributed by atoms with Crippen molar-refractivity contribution in [2.24, 2.45) is 11.7 Å². The lowest BCUT2D eigenvalue weighted by molar-refractivity contribution is -0.141. The van der Waals surface area contributed by atoms with Crippen LogP contribution in [0.25, 0.3) is 0 Å². The summed E-state index contributed by atoms with van der Waals surface area (Å²) >= 11 is 0. The fourth-order valence-electron chi connectivity index (χ4n) is 0.537. The maximum atomic E-state index is 10.2. The van der Waals surface area contributed by atoms with E-state index >= 15 is 0 Å². The number of hydrogen-bond donors (Lipinski definition) is 2. The largest absolute Gasteiger partial charge is 0.481 e. The molecule has 3 N–H and O–H groups in total. The molecule has 0 unspecified atom stereocenters. The van der Waals surface area contributed by atoms with Gasteiger partial charge in [0.05, 0.1) is 5.92 Å². The zero-order chi connectivity index (χ0) is 7.44. The number of carbonyl (C=O) groups is 1. The molecule has 0 heterocycles. The average Bonchev–Trinajstić information content (AvgIpc) is 1.84. The van der Waals surface area contributed by atoms with Crippen LogP contribution in [0.3, 0.4) is 0 Å². The van der Waals surface area contributed by atoms with Crippen molar-refractivity contribution < 1.29 is 9.90 Å². The van der Waals surface area contributed by atoms with Crippen LogP contribution in [0.15, 0.2) is 0 Å². The van der Waals surface area contributed by atoms with Gasteiger partial charge in [-0.1, -0.05) is 13.8 Å². The zero-order valence-corrected chi connectivity index (χ0v) is 5.79. The molecule has 0 saturated carbocycles. The van der Waals surface area contributed by atoms with E-state index < -0.39 is 11.9 Å². The Kier molecular flexibility index (Phi) is 3.24. The summed E-state index contributed by atoms with van der Waals surface area (Å²) < 4.78 is 0.